The zero-order chi connectivity index (χ0) is 27.1. The number of hydrogen-bond donors (Lipinski definition) is 1. The van der Waals surface area contributed by atoms with E-state index in [-0.39, 0.29) is 35.5 Å². The molecule has 0 unspecified atom stereocenters. The highest BCUT2D eigenvalue weighted by molar-refractivity contribution is 6.01. The first-order valence-corrected chi connectivity index (χ1v) is 13.1. The van der Waals surface area contributed by atoms with Crippen molar-refractivity contribution in [3.05, 3.63) is 70.8 Å². The molecule has 1 aliphatic heterocycles. The van der Waals surface area contributed by atoms with Crippen LogP contribution in [-0.2, 0) is 27.2 Å². The van der Waals surface area contributed by atoms with Crippen LogP contribution in [0.15, 0.2) is 42.5 Å². The van der Waals surface area contributed by atoms with Crippen molar-refractivity contribution in [1.82, 2.24) is 10.2 Å². The van der Waals surface area contributed by atoms with E-state index in [4.69, 9.17) is 0 Å². The molecule has 0 saturated carbocycles. The second-order valence-electron chi connectivity index (χ2n) is 11.8. The van der Waals surface area contributed by atoms with E-state index in [1.54, 1.807) is 0 Å². The van der Waals surface area contributed by atoms with Gasteiger partial charge in [-0.25, -0.2) is 8.78 Å². The van der Waals surface area contributed by atoms with Gasteiger partial charge in [-0.2, -0.15) is 0 Å². The first kappa shape index (κ1) is 27.0. The van der Waals surface area contributed by atoms with Crippen LogP contribution in [0.4, 0.5) is 8.78 Å². The van der Waals surface area contributed by atoms with Gasteiger partial charge in [0.15, 0.2) is 5.78 Å². The van der Waals surface area contributed by atoms with Gasteiger partial charge in [-0.15, -0.1) is 0 Å². The number of piperazine rings is 1. The zero-order valence-corrected chi connectivity index (χ0v) is 22.2. The molecule has 2 aromatic carbocycles. The molecule has 2 aromatic rings. The van der Waals surface area contributed by atoms with Crippen molar-refractivity contribution >= 4 is 17.6 Å². The number of nitrogens with one attached hydrogen (secondary N) is 1. The maximum Gasteiger partial charge on any atom is 0.247 e. The second kappa shape index (κ2) is 10.3. The molecule has 1 aliphatic carbocycles. The van der Waals surface area contributed by atoms with Gasteiger partial charge in [0.05, 0.1) is 0 Å². The molecule has 0 radical (unpaired) electrons. The van der Waals surface area contributed by atoms with E-state index in [0.717, 1.165) is 23.3 Å². The third-order valence-corrected chi connectivity index (χ3v) is 7.67. The fraction of sp³-hybridized carbons (Fsp3) is 0.500. The highest BCUT2D eigenvalue weighted by Gasteiger charge is 2.51. The van der Waals surface area contributed by atoms with Crippen molar-refractivity contribution in [3.63, 3.8) is 0 Å². The summed E-state index contributed by atoms with van der Waals surface area (Å²) in [6.45, 7) is 9.42. The largest absolute Gasteiger partial charge is 0.342 e. The predicted molar refractivity (Wildman–Crippen MR) is 138 cm³/mol. The Morgan fingerprint density at radius 3 is 2.24 bits per heavy atom. The number of rotatable bonds is 7. The van der Waals surface area contributed by atoms with E-state index in [1.165, 1.54) is 11.0 Å². The van der Waals surface area contributed by atoms with Gasteiger partial charge in [0, 0.05) is 18.1 Å². The van der Waals surface area contributed by atoms with E-state index in [0.29, 0.717) is 19.3 Å². The average molecular weight is 511 g/mol. The smallest absolute Gasteiger partial charge is 0.247 e. The molecular formula is C30H36F2N2O3. The summed E-state index contributed by atoms with van der Waals surface area (Å²) in [5, 5.41) is 2.96. The van der Waals surface area contributed by atoms with Crippen molar-refractivity contribution in [3.8, 4) is 0 Å². The lowest BCUT2D eigenvalue weighted by atomic mass is 9.82. The molecule has 4 atom stereocenters. The van der Waals surface area contributed by atoms with E-state index in [1.807, 2.05) is 58.9 Å². The summed E-state index contributed by atoms with van der Waals surface area (Å²) in [6, 6.07) is 7.87. The molecule has 1 N–H and O–H groups in total. The van der Waals surface area contributed by atoms with E-state index >= 15 is 4.39 Å². The fourth-order valence-electron chi connectivity index (χ4n) is 5.74. The van der Waals surface area contributed by atoms with Crippen LogP contribution in [0.25, 0.3) is 0 Å². The number of hydrogen-bond acceptors (Lipinski definition) is 3. The van der Waals surface area contributed by atoms with Gasteiger partial charge in [0.25, 0.3) is 0 Å². The highest BCUT2D eigenvalue weighted by Crippen LogP contribution is 2.38. The van der Waals surface area contributed by atoms with Crippen molar-refractivity contribution in [2.24, 2.45) is 17.3 Å². The Morgan fingerprint density at radius 2 is 1.70 bits per heavy atom. The Kier molecular flexibility index (Phi) is 7.54. The summed E-state index contributed by atoms with van der Waals surface area (Å²) in [4.78, 5) is 43.0. The monoisotopic (exact) mass is 510 g/mol. The average Bonchev–Trinajstić information content (AvgIpc) is 3.25. The number of halogens is 2. The molecule has 0 spiro atoms. The lowest BCUT2D eigenvalue weighted by molar-refractivity contribution is -0.159. The number of carbonyl (C=O) groups excluding carboxylic acids is 3. The molecule has 1 saturated heterocycles. The number of benzene rings is 2. The van der Waals surface area contributed by atoms with Crippen LogP contribution in [-0.4, -0.2) is 34.6 Å². The van der Waals surface area contributed by atoms with Crippen molar-refractivity contribution in [2.75, 3.05) is 0 Å². The molecule has 1 heterocycles. The molecule has 1 fully saturated rings. The Morgan fingerprint density at radius 1 is 1.08 bits per heavy atom. The molecule has 0 bridgehead atoms. The zero-order valence-electron chi connectivity index (χ0n) is 22.2. The van der Waals surface area contributed by atoms with Crippen LogP contribution in [0.3, 0.4) is 0 Å². The molecule has 2 aliphatic rings. The standard InChI is InChI=1S/C30H36F2N2O3/c1-6-17(2)26-28(36)33-25(20-13-18-9-7-8-10-19(18)14-20)29(37)34(26)27(24(35)16-30(3,4)5)22-12-11-21(31)15-23(22)32/h7-12,15,17,20,25-27H,6,13-14,16H2,1-5H3,(H,33,36)/t17-,25-,26-,27-/m1/s1. The van der Waals surface area contributed by atoms with Gasteiger partial charge in [-0.1, -0.05) is 71.4 Å². The summed E-state index contributed by atoms with van der Waals surface area (Å²) in [6.07, 6.45) is 1.89. The summed E-state index contributed by atoms with van der Waals surface area (Å²) in [5.74, 6) is -3.23. The van der Waals surface area contributed by atoms with E-state index in [9.17, 15) is 18.8 Å². The highest BCUT2D eigenvalue weighted by atomic mass is 19.1. The van der Waals surface area contributed by atoms with Crippen LogP contribution >= 0.6 is 0 Å². The predicted octanol–water partition coefficient (Wildman–Crippen LogP) is 5.17. The summed E-state index contributed by atoms with van der Waals surface area (Å²) in [7, 11) is 0. The Bertz CT molecular complexity index is 1180. The van der Waals surface area contributed by atoms with Crippen LogP contribution in [0.5, 0.6) is 0 Å². The molecule has 7 heteroatoms. The van der Waals surface area contributed by atoms with Crippen LogP contribution in [0.1, 0.15) is 70.2 Å². The van der Waals surface area contributed by atoms with Gasteiger partial charge in [-0.05, 0) is 47.3 Å². The third kappa shape index (κ3) is 5.46. The molecule has 0 aromatic heterocycles. The van der Waals surface area contributed by atoms with Crippen molar-refractivity contribution < 1.29 is 23.2 Å². The maximum atomic E-state index is 15.2. The number of Topliss-reactive ketones (excluding diaryl/α,β-unsaturated/α-hetero) is 1. The fourth-order valence-corrected chi connectivity index (χ4v) is 5.74. The number of fused-ring (bicyclic) bond motifs is 1. The van der Waals surface area contributed by atoms with Gasteiger partial charge in [0.1, 0.15) is 29.8 Å². The van der Waals surface area contributed by atoms with Gasteiger partial charge < -0.3 is 10.2 Å². The number of nitrogens with zero attached hydrogens (tertiary/aromatic N) is 1. The van der Waals surface area contributed by atoms with Crippen LogP contribution in [0.2, 0.25) is 0 Å². The van der Waals surface area contributed by atoms with Crippen molar-refractivity contribution in [2.45, 2.75) is 78.4 Å². The number of carbonyl (C=O) groups is 3. The van der Waals surface area contributed by atoms with Gasteiger partial charge in [-0.3, -0.25) is 14.4 Å². The lowest BCUT2D eigenvalue weighted by Gasteiger charge is -2.46. The second-order valence-corrected chi connectivity index (χ2v) is 11.8. The molecule has 198 valence electrons. The molecular weight excluding hydrogens is 474 g/mol. The van der Waals surface area contributed by atoms with Gasteiger partial charge in [0.2, 0.25) is 11.8 Å². The lowest BCUT2D eigenvalue weighted by Crippen LogP contribution is -2.68. The van der Waals surface area contributed by atoms with Crippen LogP contribution < -0.4 is 5.32 Å². The summed E-state index contributed by atoms with van der Waals surface area (Å²) < 4.78 is 29.1. The first-order valence-electron chi connectivity index (χ1n) is 13.1. The third-order valence-electron chi connectivity index (χ3n) is 7.67. The summed E-state index contributed by atoms with van der Waals surface area (Å²) in [5.41, 5.74) is 1.75. The summed E-state index contributed by atoms with van der Waals surface area (Å²) >= 11 is 0. The molecule has 37 heavy (non-hydrogen) atoms. The quantitative estimate of drug-likeness (QED) is 0.559. The van der Waals surface area contributed by atoms with E-state index < -0.39 is 41.1 Å². The van der Waals surface area contributed by atoms with Gasteiger partial charge >= 0.3 is 0 Å². The Balaban J connectivity index is 1.81. The Labute approximate surface area is 217 Å². The molecule has 5 nitrogen and oxygen atoms in total. The molecule has 4 rings (SSSR count). The van der Waals surface area contributed by atoms with Crippen molar-refractivity contribution in [1.29, 1.82) is 0 Å². The van der Waals surface area contributed by atoms with E-state index in [2.05, 4.69) is 5.32 Å². The number of amides is 2. The minimum atomic E-state index is -1.33. The maximum absolute atomic E-state index is 15.2. The SMILES string of the molecule is CC[C@@H](C)[C@@H]1C(=O)N[C@H](C2Cc3ccccc3C2)C(=O)N1[C@@H](C(=O)CC(C)(C)C)c1ccc(F)cc1F. The normalized spacial score (nSPS) is 22.0. The minimum absolute atomic E-state index is 0.0621. The Hall–Kier alpha value is -3.09. The topological polar surface area (TPSA) is 66.5 Å². The molecule has 2 amide bonds. The van der Waals surface area contributed by atoms with Crippen LogP contribution in [0, 0.1) is 28.9 Å². The minimum Gasteiger partial charge on any atom is -0.342 e. The number of ketones is 1. The first-order chi connectivity index (χ1) is 17.4.